The van der Waals surface area contributed by atoms with E-state index in [-0.39, 0.29) is 39.2 Å². The lowest BCUT2D eigenvalue weighted by molar-refractivity contribution is 0.317. The molecule has 6 N–H and O–H groups in total. The smallest absolute Gasteiger partial charge is 0.128 e. The van der Waals surface area contributed by atoms with Gasteiger partial charge in [0.1, 0.15) is 23.0 Å². The summed E-state index contributed by atoms with van der Waals surface area (Å²) in [6.45, 7) is 20.2. The molecule has 0 amide bonds. The van der Waals surface area contributed by atoms with Gasteiger partial charge in [0.15, 0.2) is 0 Å². The average molecular weight is 693 g/mol. The molecule has 0 saturated carbocycles. The number of benzene rings is 4. The number of phenols is 4. The molecule has 0 radical (unpaired) electrons. The molecule has 0 saturated heterocycles. The van der Waals surface area contributed by atoms with Gasteiger partial charge in [-0.15, -0.1) is 0 Å². The summed E-state index contributed by atoms with van der Waals surface area (Å²) < 4.78 is 0. The van der Waals surface area contributed by atoms with Crippen LogP contribution in [0.4, 0.5) is 0 Å². The fourth-order valence-corrected chi connectivity index (χ4v) is 5.68. The lowest BCUT2D eigenvalue weighted by Crippen LogP contribution is -2.37. The summed E-state index contributed by atoms with van der Waals surface area (Å²) >= 11 is 0. The van der Waals surface area contributed by atoms with E-state index in [2.05, 4.69) is 88.1 Å². The van der Waals surface area contributed by atoms with E-state index in [1.807, 2.05) is 36.4 Å². The van der Waals surface area contributed by atoms with E-state index < -0.39 is 0 Å². The molecule has 4 rings (SSSR count). The number of rotatable bonds is 14. The fraction of sp³-hybridized carbons (Fsp3) is 0.395. The molecule has 8 heteroatoms. The number of aromatic hydroxyl groups is 4. The highest BCUT2D eigenvalue weighted by Gasteiger charge is 2.22. The highest BCUT2D eigenvalue weighted by Crippen LogP contribution is 2.32. The van der Waals surface area contributed by atoms with Crippen LogP contribution in [-0.4, -0.2) is 45.9 Å². The maximum absolute atomic E-state index is 11.2. The Hall–Kier alpha value is -4.66. The average Bonchev–Trinajstić information content (AvgIpc) is 3.04. The zero-order valence-electron chi connectivity index (χ0n) is 31.5. The molecule has 0 unspecified atom stereocenters. The molecule has 272 valence electrons. The van der Waals surface area contributed by atoms with E-state index >= 15 is 0 Å². The number of nitrogens with one attached hydrogen (secondary N) is 2. The van der Waals surface area contributed by atoms with E-state index in [1.54, 1.807) is 36.7 Å². The largest absolute Gasteiger partial charge is 0.508 e. The Morgan fingerprint density at radius 1 is 0.529 bits per heavy atom. The van der Waals surface area contributed by atoms with Crippen molar-refractivity contribution >= 4 is 12.4 Å². The number of nitrogens with zero attached hydrogens (tertiary/aromatic N) is 2. The summed E-state index contributed by atoms with van der Waals surface area (Å²) in [7, 11) is 0. The Kier molecular flexibility index (Phi) is 12.7. The normalized spacial score (nSPS) is 12.7. The van der Waals surface area contributed by atoms with Gasteiger partial charge in [0, 0.05) is 72.0 Å². The van der Waals surface area contributed by atoms with Gasteiger partial charge in [-0.3, -0.25) is 9.98 Å². The van der Waals surface area contributed by atoms with Crippen molar-refractivity contribution in [2.45, 2.75) is 92.4 Å². The predicted octanol–water partition coefficient (Wildman–Crippen LogP) is 8.25. The first kappa shape index (κ1) is 39.1. The minimum Gasteiger partial charge on any atom is -0.508 e. The highest BCUT2D eigenvalue weighted by atomic mass is 16.3. The second-order valence-electron chi connectivity index (χ2n) is 16.2. The summed E-state index contributed by atoms with van der Waals surface area (Å²) in [5.74, 6) is 0.801. The molecule has 0 atom stereocenters. The Balaban J connectivity index is 1.41. The van der Waals surface area contributed by atoms with Crippen LogP contribution in [0.25, 0.3) is 0 Å². The molecule has 51 heavy (non-hydrogen) atoms. The van der Waals surface area contributed by atoms with Gasteiger partial charge in [-0.1, -0.05) is 104 Å². The van der Waals surface area contributed by atoms with Gasteiger partial charge in [-0.25, -0.2) is 0 Å². The maximum Gasteiger partial charge on any atom is 0.128 e. The van der Waals surface area contributed by atoms with Crippen molar-refractivity contribution in [3.8, 4) is 23.0 Å². The van der Waals surface area contributed by atoms with Crippen LogP contribution in [0.3, 0.4) is 0 Å². The fourth-order valence-electron chi connectivity index (χ4n) is 5.68. The van der Waals surface area contributed by atoms with Gasteiger partial charge in [0.2, 0.25) is 0 Å². The van der Waals surface area contributed by atoms with E-state index in [4.69, 9.17) is 0 Å². The van der Waals surface area contributed by atoms with Crippen LogP contribution in [0.1, 0.15) is 99.9 Å². The second-order valence-corrected chi connectivity index (χ2v) is 16.2. The lowest BCUT2D eigenvalue weighted by atomic mass is 9.84. The summed E-state index contributed by atoms with van der Waals surface area (Å²) in [4.78, 5) is 9.06. The van der Waals surface area contributed by atoms with Crippen molar-refractivity contribution < 1.29 is 20.4 Å². The van der Waals surface area contributed by atoms with E-state index in [9.17, 15) is 20.4 Å². The molecule has 8 nitrogen and oxygen atoms in total. The number of para-hydroxylation sites is 2. The Morgan fingerprint density at radius 2 is 0.902 bits per heavy atom. The zero-order valence-corrected chi connectivity index (χ0v) is 31.5. The molecule has 0 spiro atoms. The number of hydrogen-bond donors (Lipinski definition) is 6. The quantitative estimate of drug-likeness (QED) is 0.0739. The predicted molar refractivity (Wildman–Crippen MR) is 210 cm³/mol. The standard InChI is InChI=1S/C43H56N4O4/c1-41(2,3)35-17-31(23-44-21-29-13-9-11-15-37(29)48)39(50)33(19-35)25-46-27-43(7,8)28-47-26-34-20-36(42(4,5)6)18-32(40(34)51)24-45-22-30-14-10-12-16-38(30)49/h9-20,23-24,46-51H,21-22,25-28H2,1-8H3. The van der Waals surface area contributed by atoms with Crippen molar-refractivity contribution in [3.63, 3.8) is 0 Å². The number of phenolic OH excluding ortho intramolecular Hbond substituents is 4. The van der Waals surface area contributed by atoms with Crippen molar-refractivity contribution in [2.75, 3.05) is 13.1 Å². The maximum atomic E-state index is 11.2. The van der Waals surface area contributed by atoms with Crippen LogP contribution >= 0.6 is 0 Å². The van der Waals surface area contributed by atoms with Gasteiger partial charge in [0.05, 0.1) is 13.1 Å². The molecule has 4 aromatic carbocycles. The third-order valence-corrected chi connectivity index (χ3v) is 8.97. The third-order valence-electron chi connectivity index (χ3n) is 8.97. The minimum absolute atomic E-state index is 0.127. The molecule has 0 aromatic heterocycles. The van der Waals surface area contributed by atoms with E-state index in [1.165, 1.54) is 0 Å². The number of hydrogen-bond acceptors (Lipinski definition) is 8. The van der Waals surface area contributed by atoms with Crippen LogP contribution in [0, 0.1) is 5.41 Å². The van der Waals surface area contributed by atoms with Crippen LogP contribution in [0.5, 0.6) is 23.0 Å². The summed E-state index contributed by atoms with van der Waals surface area (Å²) in [6.07, 6.45) is 3.37. The molecule has 0 aliphatic rings. The first-order chi connectivity index (χ1) is 23.9. The second kappa shape index (κ2) is 16.6. The van der Waals surface area contributed by atoms with Crippen molar-refractivity contribution in [3.05, 3.63) is 117 Å². The Labute approximate surface area is 304 Å². The van der Waals surface area contributed by atoms with Gasteiger partial charge in [0.25, 0.3) is 0 Å². The molecule has 0 aliphatic heterocycles. The molecule has 0 fully saturated rings. The van der Waals surface area contributed by atoms with Gasteiger partial charge in [-0.2, -0.15) is 0 Å². The van der Waals surface area contributed by atoms with Crippen molar-refractivity contribution in [1.82, 2.24) is 10.6 Å². The van der Waals surface area contributed by atoms with Crippen LogP contribution in [0.2, 0.25) is 0 Å². The van der Waals surface area contributed by atoms with Crippen LogP contribution in [0.15, 0.2) is 82.8 Å². The summed E-state index contributed by atoms with van der Waals surface area (Å²) in [6, 6.07) is 22.3. The van der Waals surface area contributed by atoms with Crippen LogP contribution < -0.4 is 10.6 Å². The molecular formula is C43H56N4O4. The SMILES string of the molecule is CC(C)(CNCc1cc(C(C)(C)C)cc(C=NCc2ccccc2O)c1O)CNCc1cc(C(C)(C)C)cc(C=NCc2ccccc2O)c1O. The first-order valence-corrected chi connectivity index (χ1v) is 17.6. The van der Waals surface area contributed by atoms with E-state index in [0.29, 0.717) is 50.4 Å². The molecule has 4 aromatic rings. The van der Waals surface area contributed by atoms with Crippen LogP contribution in [-0.2, 0) is 37.0 Å². The molecule has 0 heterocycles. The topological polar surface area (TPSA) is 130 Å². The van der Waals surface area contributed by atoms with Crippen molar-refractivity contribution in [1.29, 1.82) is 0 Å². The van der Waals surface area contributed by atoms with Crippen molar-refractivity contribution in [2.24, 2.45) is 15.4 Å². The first-order valence-electron chi connectivity index (χ1n) is 17.6. The van der Waals surface area contributed by atoms with E-state index in [0.717, 1.165) is 33.4 Å². The lowest BCUT2D eigenvalue weighted by Gasteiger charge is -2.27. The molecule has 0 bridgehead atoms. The minimum atomic E-state index is -0.140. The third kappa shape index (κ3) is 11.2. The molecular weight excluding hydrogens is 636 g/mol. The zero-order chi connectivity index (χ0) is 37.4. The highest BCUT2D eigenvalue weighted by molar-refractivity contribution is 5.85. The van der Waals surface area contributed by atoms with Gasteiger partial charge in [-0.05, 0) is 51.6 Å². The van der Waals surface area contributed by atoms with Gasteiger partial charge < -0.3 is 31.1 Å². The summed E-state index contributed by atoms with van der Waals surface area (Å²) in [5, 5.41) is 49.8. The monoisotopic (exact) mass is 692 g/mol. The number of aliphatic imine (C=N–C) groups is 2. The van der Waals surface area contributed by atoms with Gasteiger partial charge >= 0.3 is 0 Å². The Bertz CT molecular complexity index is 1720. The molecule has 0 aliphatic carbocycles. The summed E-state index contributed by atoms with van der Waals surface area (Å²) in [5.41, 5.74) is 6.16. The Morgan fingerprint density at radius 3 is 1.25 bits per heavy atom.